The molecule has 0 bridgehead atoms. The van der Waals surface area contributed by atoms with E-state index < -0.39 is 12.2 Å². The van der Waals surface area contributed by atoms with Crippen LogP contribution >= 0.6 is 0 Å². The van der Waals surface area contributed by atoms with Gasteiger partial charge in [0.05, 0.1) is 5.52 Å². The fourth-order valence-electron chi connectivity index (χ4n) is 3.09. The predicted molar refractivity (Wildman–Crippen MR) is 90.3 cm³/mol. The van der Waals surface area contributed by atoms with E-state index in [1.54, 1.807) is 12.1 Å². The summed E-state index contributed by atoms with van der Waals surface area (Å²) < 4.78 is 26.1. The minimum atomic E-state index is -2.68. The molecule has 0 spiro atoms. The summed E-state index contributed by atoms with van der Waals surface area (Å²) in [5, 5.41) is 4.07. The SMILES string of the molecule is FC(F)c1nc(NCC2(c3ccccc3)CC2)c2ccccc2n1. The van der Waals surface area contributed by atoms with Gasteiger partial charge >= 0.3 is 0 Å². The summed E-state index contributed by atoms with van der Waals surface area (Å²) in [5.41, 5.74) is 1.90. The Hall–Kier alpha value is -2.56. The standard InChI is InChI=1S/C19H17F2N3/c20-16(21)18-23-15-9-5-4-8-14(15)17(24-18)22-12-19(10-11-19)13-6-2-1-3-7-13/h1-9,16H,10-12H2,(H,22,23,24). The Labute approximate surface area is 138 Å². The number of fused-ring (bicyclic) bond motifs is 1. The summed E-state index contributed by atoms with van der Waals surface area (Å²) in [6, 6.07) is 17.6. The van der Waals surface area contributed by atoms with Crippen molar-refractivity contribution in [3.63, 3.8) is 0 Å². The second-order valence-corrected chi connectivity index (χ2v) is 6.25. The lowest BCUT2D eigenvalue weighted by atomic mass is 9.96. The third kappa shape index (κ3) is 2.70. The molecule has 24 heavy (non-hydrogen) atoms. The van der Waals surface area contributed by atoms with Crippen LogP contribution in [0.4, 0.5) is 14.6 Å². The Balaban J connectivity index is 1.65. The normalized spacial score (nSPS) is 15.6. The molecule has 0 saturated heterocycles. The highest BCUT2D eigenvalue weighted by Gasteiger charge is 2.44. The highest BCUT2D eigenvalue weighted by atomic mass is 19.3. The quantitative estimate of drug-likeness (QED) is 0.738. The van der Waals surface area contributed by atoms with Gasteiger partial charge in [0.1, 0.15) is 5.82 Å². The van der Waals surface area contributed by atoms with Gasteiger partial charge in [0.2, 0.25) is 0 Å². The van der Waals surface area contributed by atoms with Crippen LogP contribution < -0.4 is 5.32 Å². The smallest absolute Gasteiger partial charge is 0.297 e. The third-order valence-electron chi connectivity index (χ3n) is 4.65. The van der Waals surface area contributed by atoms with Crippen molar-refractivity contribution >= 4 is 16.7 Å². The van der Waals surface area contributed by atoms with Crippen molar-refractivity contribution in [2.75, 3.05) is 11.9 Å². The summed E-state index contributed by atoms with van der Waals surface area (Å²) in [6.07, 6.45) is -0.497. The van der Waals surface area contributed by atoms with E-state index in [2.05, 4.69) is 27.4 Å². The van der Waals surface area contributed by atoms with Crippen LogP contribution in [0.15, 0.2) is 54.6 Å². The molecule has 0 amide bonds. The Bertz CT molecular complexity index is 861. The maximum absolute atomic E-state index is 13.1. The van der Waals surface area contributed by atoms with Gasteiger partial charge in [-0.2, -0.15) is 0 Å². The molecule has 0 unspecified atom stereocenters. The van der Waals surface area contributed by atoms with E-state index in [0.717, 1.165) is 18.2 Å². The molecular formula is C19H17F2N3. The van der Waals surface area contributed by atoms with Crippen LogP contribution in [0.3, 0.4) is 0 Å². The van der Waals surface area contributed by atoms with Gasteiger partial charge < -0.3 is 5.32 Å². The van der Waals surface area contributed by atoms with E-state index in [1.807, 2.05) is 30.3 Å². The van der Waals surface area contributed by atoms with E-state index in [1.165, 1.54) is 5.56 Å². The molecule has 4 rings (SSSR count). The Morgan fingerprint density at radius 1 is 0.958 bits per heavy atom. The number of anilines is 1. The molecule has 0 radical (unpaired) electrons. The highest BCUT2D eigenvalue weighted by molar-refractivity contribution is 5.89. The van der Waals surface area contributed by atoms with Crippen molar-refractivity contribution in [3.05, 3.63) is 66.0 Å². The summed E-state index contributed by atoms with van der Waals surface area (Å²) in [5.74, 6) is 0.0545. The molecular weight excluding hydrogens is 308 g/mol. The van der Waals surface area contributed by atoms with Gasteiger partial charge in [-0.15, -0.1) is 0 Å². The zero-order valence-corrected chi connectivity index (χ0v) is 13.0. The van der Waals surface area contributed by atoms with E-state index in [9.17, 15) is 8.78 Å². The third-order valence-corrected chi connectivity index (χ3v) is 4.65. The number of rotatable bonds is 5. The zero-order valence-electron chi connectivity index (χ0n) is 13.0. The minimum absolute atomic E-state index is 0.0817. The van der Waals surface area contributed by atoms with Crippen molar-refractivity contribution in [2.24, 2.45) is 0 Å². The van der Waals surface area contributed by atoms with Crippen LogP contribution in [0.25, 0.3) is 10.9 Å². The molecule has 3 aromatic rings. The molecule has 3 nitrogen and oxygen atoms in total. The molecule has 1 fully saturated rings. The first-order valence-corrected chi connectivity index (χ1v) is 8.02. The number of aromatic nitrogens is 2. The number of benzene rings is 2. The van der Waals surface area contributed by atoms with Crippen molar-refractivity contribution in [1.82, 2.24) is 9.97 Å². The molecule has 0 atom stereocenters. The topological polar surface area (TPSA) is 37.8 Å². The first-order valence-electron chi connectivity index (χ1n) is 8.02. The zero-order chi connectivity index (χ0) is 16.6. The number of halogens is 2. The van der Waals surface area contributed by atoms with Crippen molar-refractivity contribution < 1.29 is 8.78 Å². The largest absolute Gasteiger partial charge is 0.369 e. The fraction of sp³-hybridized carbons (Fsp3) is 0.263. The van der Waals surface area contributed by atoms with E-state index in [-0.39, 0.29) is 5.41 Å². The van der Waals surface area contributed by atoms with Crippen LogP contribution in [0.1, 0.15) is 30.7 Å². The van der Waals surface area contributed by atoms with E-state index >= 15 is 0 Å². The van der Waals surface area contributed by atoms with Crippen LogP contribution in [-0.2, 0) is 5.41 Å². The molecule has 5 heteroatoms. The van der Waals surface area contributed by atoms with Gasteiger partial charge in [-0.25, -0.2) is 18.7 Å². The van der Waals surface area contributed by atoms with Crippen LogP contribution in [-0.4, -0.2) is 16.5 Å². The molecule has 1 N–H and O–H groups in total. The average molecular weight is 325 g/mol. The molecule has 1 heterocycles. The lowest BCUT2D eigenvalue weighted by Crippen LogP contribution is -2.20. The minimum Gasteiger partial charge on any atom is -0.369 e. The average Bonchev–Trinajstić information content (AvgIpc) is 3.41. The molecule has 1 aliphatic carbocycles. The first kappa shape index (κ1) is 15.0. The molecule has 2 aromatic carbocycles. The van der Waals surface area contributed by atoms with Crippen LogP contribution in [0.2, 0.25) is 0 Å². The number of nitrogens with zero attached hydrogens (tertiary/aromatic N) is 2. The van der Waals surface area contributed by atoms with Gasteiger partial charge in [0.15, 0.2) is 5.82 Å². The number of alkyl halides is 2. The summed E-state index contributed by atoms with van der Waals surface area (Å²) in [6.45, 7) is 0.681. The predicted octanol–water partition coefficient (Wildman–Crippen LogP) is 4.71. The maximum atomic E-state index is 13.1. The maximum Gasteiger partial charge on any atom is 0.297 e. The molecule has 122 valence electrons. The Kier molecular flexibility index (Phi) is 3.63. The highest BCUT2D eigenvalue weighted by Crippen LogP contribution is 2.48. The van der Waals surface area contributed by atoms with Gasteiger partial charge in [0.25, 0.3) is 6.43 Å². The summed E-state index contributed by atoms with van der Waals surface area (Å²) in [7, 11) is 0. The molecule has 1 aromatic heterocycles. The Morgan fingerprint density at radius 2 is 1.67 bits per heavy atom. The van der Waals surface area contributed by atoms with Crippen molar-refractivity contribution in [2.45, 2.75) is 24.7 Å². The first-order chi connectivity index (χ1) is 11.7. The van der Waals surface area contributed by atoms with E-state index in [0.29, 0.717) is 17.9 Å². The van der Waals surface area contributed by atoms with Crippen LogP contribution in [0.5, 0.6) is 0 Å². The monoisotopic (exact) mass is 325 g/mol. The number of hydrogen-bond donors (Lipinski definition) is 1. The fourth-order valence-corrected chi connectivity index (χ4v) is 3.09. The van der Waals surface area contributed by atoms with Gasteiger partial charge in [-0.3, -0.25) is 0 Å². The number of para-hydroxylation sites is 1. The van der Waals surface area contributed by atoms with Crippen LogP contribution in [0, 0.1) is 0 Å². The Morgan fingerprint density at radius 3 is 2.38 bits per heavy atom. The van der Waals surface area contributed by atoms with Gasteiger partial charge in [-0.1, -0.05) is 42.5 Å². The molecule has 0 aliphatic heterocycles. The second-order valence-electron chi connectivity index (χ2n) is 6.25. The summed E-state index contributed by atoms with van der Waals surface area (Å²) >= 11 is 0. The number of hydrogen-bond acceptors (Lipinski definition) is 3. The van der Waals surface area contributed by atoms with Crippen molar-refractivity contribution in [1.29, 1.82) is 0 Å². The van der Waals surface area contributed by atoms with Gasteiger partial charge in [-0.05, 0) is 30.5 Å². The lowest BCUT2D eigenvalue weighted by Gasteiger charge is -2.18. The molecule has 1 aliphatic rings. The van der Waals surface area contributed by atoms with E-state index in [4.69, 9.17) is 0 Å². The lowest BCUT2D eigenvalue weighted by molar-refractivity contribution is 0.141. The molecule has 1 saturated carbocycles. The second kappa shape index (κ2) is 5.82. The number of nitrogens with one attached hydrogen (secondary N) is 1. The van der Waals surface area contributed by atoms with Crippen molar-refractivity contribution in [3.8, 4) is 0 Å². The van der Waals surface area contributed by atoms with Gasteiger partial charge in [0, 0.05) is 17.3 Å². The summed E-state index contributed by atoms with van der Waals surface area (Å²) in [4.78, 5) is 8.01.